The van der Waals surface area contributed by atoms with Crippen LogP contribution >= 0.6 is 0 Å². The normalized spacial score (nSPS) is 12.2. The van der Waals surface area contributed by atoms with Gasteiger partial charge < -0.3 is 23.5 Å². The molecule has 0 amide bonds. The van der Waals surface area contributed by atoms with Crippen LogP contribution in [0.4, 0.5) is 4.39 Å². The van der Waals surface area contributed by atoms with Gasteiger partial charge in [-0.15, -0.1) is 0 Å². The summed E-state index contributed by atoms with van der Waals surface area (Å²) in [4.78, 5) is 7.14. The van der Waals surface area contributed by atoms with E-state index in [4.69, 9.17) is 23.9 Å². The third-order valence-electron chi connectivity index (χ3n) is 6.82. The zero-order valence-corrected chi connectivity index (χ0v) is 22.7. The van der Waals surface area contributed by atoms with Crippen LogP contribution in [-0.4, -0.2) is 35.5 Å². The summed E-state index contributed by atoms with van der Waals surface area (Å²) in [6.07, 6.45) is 4.02. The number of hydrogen-bond acceptors (Lipinski definition) is 6. The van der Waals surface area contributed by atoms with Crippen molar-refractivity contribution in [3.05, 3.63) is 89.5 Å². The molecular weight excluding hydrogens is 497 g/mol. The zero-order valence-electron chi connectivity index (χ0n) is 22.7. The van der Waals surface area contributed by atoms with Crippen molar-refractivity contribution in [1.82, 2.24) is 14.5 Å². The fourth-order valence-electron chi connectivity index (χ4n) is 4.84. The molecule has 0 atom stereocenters. The summed E-state index contributed by atoms with van der Waals surface area (Å²) < 4.78 is 38.1. The van der Waals surface area contributed by atoms with Crippen molar-refractivity contribution in [1.29, 1.82) is 0 Å². The van der Waals surface area contributed by atoms with Crippen LogP contribution in [0.5, 0.6) is 23.0 Å². The van der Waals surface area contributed by atoms with Gasteiger partial charge in [0.05, 0.1) is 26.1 Å². The van der Waals surface area contributed by atoms with Crippen molar-refractivity contribution in [2.24, 2.45) is 0 Å². The van der Waals surface area contributed by atoms with E-state index in [9.17, 15) is 4.39 Å². The lowest BCUT2D eigenvalue weighted by Gasteiger charge is -2.24. The summed E-state index contributed by atoms with van der Waals surface area (Å²) in [6.45, 7) is 5.26. The molecule has 0 radical (unpaired) electrons. The van der Waals surface area contributed by atoms with E-state index in [0.29, 0.717) is 19.6 Å². The van der Waals surface area contributed by atoms with Crippen molar-refractivity contribution in [3.63, 3.8) is 0 Å². The average molecular weight is 532 g/mol. The van der Waals surface area contributed by atoms with Crippen LogP contribution < -0.4 is 18.9 Å². The first-order valence-electron chi connectivity index (χ1n) is 13.2. The molecule has 7 nitrogen and oxygen atoms in total. The molecule has 204 valence electrons. The Morgan fingerprint density at radius 3 is 2.31 bits per heavy atom. The van der Waals surface area contributed by atoms with Crippen LogP contribution in [0.3, 0.4) is 0 Å². The van der Waals surface area contributed by atoms with Gasteiger partial charge in [0, 0.05) is 37.8 Å². The van der Waals surface area contributed by atoms with Gasteiger partial charge in [-0.3, -0.25) is 4.90 Å². The number of imidazole rings is 1. The van der Waals surface area contributed by atoms with Crippen molar-refractivity contribution in [2.75, 3.05) is 21.0 Å². The maximum Gasteiger partial charge on any atom is 0.231 e. The molecule has 0 bridgehead atoms. The van der Waals surface area contributed by atoms with E-state index >= 15 is 0 Å². The van der Waals surface area contributed by atoms with E-state index in [2.05, 4.69) is 22.5 Å². The molecule has 0 aliphatic carbocycles. The quantitative estimate of drug-likeness (QED) is 0.210. The molecule has 0 unspecified atom stereocenters. The topological polar surface area (TPSA) is 58.0 Å². The monoisotopic (exact) mass is 531 g/mol. The van der Waals surface area contributed by atoms with Gasteiger partial charge in [-0.05, 0) is 66.1 Å². The molecular formula is C31H34FN3O4. The second kappa shape index (κ2) is 12.2. The lowest BCUT2D eigenvalue weighted by molar-refractivity contribution is 0.174. The average Bonchev–Trinajstić information content (AvgIpc) is 3.58. The van der Waals surface area contributed by atoms with Crippen LogP contribution in [-0.2, 0) is 26.2 Å². The molecule has 8 heteroatoms. The maximum atomic E-state index is 13.6. The first-order valence-corrected chi connectivity index (χ1v) is 13.2. The highest BCUT2D eigenvalue weighted by Gasteiger charge is 2.19. The van der Waals surface area contributed by atoms with E-state index in [1.807, 2.05) is 36.5 Å². The fraction of sp³-hybridized carbons (Fsp3) is 0.323. The number of methoxy groups -OCH3 is 2. The molecule has 4 aromatic rings. The second-order valence-corrected chi connectivity index (χ2v) is 9.64. The number of halogens is 1. The number of aromatic nitrogens is 2. The molecule has 1 aliphatic heterocycles. The van der Waals surface area contributed by atoms with Crippen LogP contribution in [0.2, 0.25) is 0 Å². The van der Waals surface area contributed by atoms with Crippen LogP contribution in [0.15, 0.2) is 66.9 Å². The first kappa shape index (κ1) is 26.6. The van der Waals surface area contributed by atoms with Crippen molar-refractivity contribution >= 4 is 0 Å². The smallest absolute Gasteiger partial charge is 0.231 e. The third kappa shape index (κ3) is 6.34. The summed E-state index contributed by atoms with van der Waals surface area (Å²) >= 11 is 0. The molecule has 1 aliphatic rings. The number of unbranched alkanes of at least 4 members (excludes halogenated alkanes) is 1. The summed E-state index contributed by atoms with van der Waals surface area (Å²) in [5.74, 6) is 3.63. The lowest BCUT2D eigenvalue weighted by Crippen LogP contribution is -2.24. The highest BCUT2D eigenvalue weighted by molar-refractivity contribution is 5.56. The second-order valence-electron chi connectivity index (χ2n) is 9.64. The largest absolute Gasteiger partial charge is 0.497 e. The first-order chi connectivity index (χ1) is 19.1. The SMILES string of the molecule is CCCCn1c(CN(Cc2cc(OC)cc(OC)c2)Cc2ccc3c(c2)OCO3)cnc1-c1ccc(F)cc1. The number of nitrogens with zero attached hydrogens (tertiary/aromatic N) is 3. The van der Waals surface area contributed by atoms with E-state index in [1.54, 1.807) is 26.4 Å². The Labute approximate surface area is 228 Å². The molecule has 0 fully saturated rings. The lowest BCUT2D eigenvalue weighted by atomic mass is 10.1. The minimum absolute atomic E-state index is 0.245. The van der Waals surface area contributed by atoms with Crippen LogP contribution in [0, 0.1) is 5.82 Å². The van der Waals surface area contributed by atoms with Gasteiger partial charge in [-0.25, -0.2) is 9.37 Å². The van der Waals surface area contributed by atoms with Gasteiger partial charge in [0.1, 0.15) is 23.1 Å². The molecule has 5 rings (SSSR count). The van der Waals surface area contributed by atoms with Crippen molar-refractivity contribution < 1.29 is 23.3 Å². The third-order valence-corrected chi connectivity index (χ3v) is 6.82. The molecule has 0 saturated carbocycles. The Hall–Kier alpha value is -4.04. The number of ether oxygens (including phenoxy) is 4. The number of fused-ring (bicyclic) bond motifs is 1. The number of benzene rings is 3. The van der Waals surface area contributed by atoms with E-state index in [0.717, 1.165) is 70.6 Å². The predicted molar refractivity (Wildman–Crippen MR) is 148 cm³/mol. The minimum Gasteiger partial charge on any atom is -0.497 e. The number of hydrogen-bond donors (Lipinski definition) is 0. The fourth-order valence-corrected chi connectivity index (χ4v) is 4.84. The summed E-state index contributed by atoms with van der Waals surface area (Å²) in [5.41, 5.74) is 4.19. The maximum absolute atomic E-state index is 13.6. The van der Waals surface area contributed by atoms with Crippen LogP contribution in [0.25, 0.3) is 11.4 Å². The summed E-state index contributed by atoms with van der Waals surface area (Å²) in [5, 5.41) is 0. The Balaban J connectivity index is 1.48. The van der Waals surface area contributed by atoms with Crippen molar-refractivity contribution in [2.45, 2.75) is 45.9 Å². The molecule has 0 N–H and O–H groups in total. The summed E-state index contributed by atoms with van der Waals surface area (Å²) in [7, 11) is 3.32. The van der Waals surface area contributed by atoms with Gasteiger partial charge in [0.25, 0.3) is 0 Å². The molecule has 0 spiro atoms. The predicted octanol–water partition coefficient (Wildman–Crippen LogP) is 6.44. The van der Waals surface area contributed by atoms with E-state index < -0.39 is 0 Å². The highest BCUT2D eigenvalue weighted by Crippen LogP contribution is 2.33. The van der Waals surface area contributed by atoms with Gasteiger partial charge >= 0.3 is 0 Å². The van der Waals surface area contributed by atoms with Gasteiger partial charge in [0.15, 0.2) is 11.5 Å². The number of rotatable bonds is 12. The zero-order chi connectivity index (χ0) is 27.2. The van der Waals surface area contributed by atoms with Gasteiger partial charge in [-0.2, -0.15) is 0 Å². The standard InChI is InChI=1S/C31H34FN3O4/c1-4-5-12-35-26(17-33-31(35)24-7-9-25(32)10-8-24)20-34(18-22-6-11-29-30(15-22)39-21-38-29)19-23-13-27(36-2)16-28(14-23)37-3/h6-11,13-17H,4-5,12,18-21H2,1-3H3. The minimum atomic E-state index is -0.255. The van der Waals surface area contributed by atoms with Crippen LogP contribution in [0.1, 0.15) is 36.6 Å². The highest BCUT2D eigenvalue weighted by atomic mass is 19.1. The van der Waals surface area contributed by atoms with E-state index in [1.165, 1.54) is 12.1 Å². The Morgan fingerprint density at radius 1 is 0.872 bits per heavy atom. The van der Waals surface area contributed by atoms with Crippen molar-refractivity contribution in [3.8, 4) is 34.4 Å². The molecule has 2 heterocycles. The van der Waals surface area contributed by atoms with E-state index in [-0.39, 0.29) is 12.6 Å². The molecule has 39 heavy (non-hydrogen) atoms. The summed E-state index contributed by atoms with van der Waals surface area (Å²) in [6, 6.07) is 18.6. The molecule has 3 aromatic carbocycles. The Morgan fingerprint density at radius 2 is 1.59 bits per heavy atom. The Bertz CT molecular complexity index is 1380. The Kier molecular flexibility index (Phi) is 8.32. The molecule has 1 aromatic heterocycles. The van der Waals surface area contributed by atoms with Gasteiger partial charge in [0.2, 0.25) is 6.79 Å². The van der Waals surface area contributed by atoms with Gasteiger partial charge in [-0.1, -0.05) is 19.4 Å². The molecule has 0 saturated heterocycles.